The second-order valence-electron chi connectivity index (χ2n) is 6.16. The lowest BCUT2D eigenvalue weighted by Gasteiger charge is -2.19. The van der Waals surface area contributed by atoms with Crippen molar-refractivity contribution in [2.24, 2.45) is 0 Å². The molecule has 0 aromatic heterocycles. The van der Waals surface area contributed by atoms with Gasteiger partial charge in [-0.15, -0.1) is 11.8 Å². The fourth-order valence-corrected chi connectivity index (χ4v) is 4.71. The van der Waals surface area contributed by atoms with Crippen LogP contribution in [0, 0.1) is 0 Å². The van der Waals surface area contributed by atoms with Crippen LogP contribution in [0.15, 0.2) is 45.8 Å². The van der Waals surface area contributed by atoms with Crippen molar-refractivity contribution in [3.8, 4) is 0 Å². The van der Waals surface area contributed by atoms with Crippen molar-refractivity contribution in [3.05, 3.63) is 57.6 Å². The van der Waals surface area contributed by atoms with E-state index in [1.807, 2.05) is 0 Å². The normalized spacial score (nSPS) is 12.2. The predicted molar refractivity (Wildman–Crippen MR) is 110 cm³/mol. The van der Waals surface area contributed by atoms with Crippen molar-refractivity contribution in [3.63, 3.8) is 0 Å². The van der Waals surface area contributed by atoms with E-state index in [1.165, 1.54) is 30.8 Å². The summed E-state index contributed by atoms with van der Waals surface area (Å²) >= 11 is 4.51. The van der Waals surface area contributed by atoms with Crippen LogP contribution in [-0.4, -0.2) is 21.3 Å². The van der Waals surface area contributed by atoms with Crippen LogP contribution in [0.5, 0.6) is 0 Å². The van der Waals surface area contributed by atoms with Crippen LogP contribution in [0.3, 0.4) is 0 Å². The topological polar surface area (TPSA) is 101 Å². The molecule has 0 aliphatic heterocycles. The van der Waals surface area contributed by atoms with Crippen LogP contribution in [0.1, 0.15) is 34.8 Å². The third-order valence-corrected chi connectivity index (χ3v) is 6.81. The molecule has 2 rings (SSSR count). The van der Waals surface area contributed by atoms with E-state index in [1.54, 1.807) is 18.2 Å². The Bertz CT molecular complexity index is 936. The molecule has 0 aliphatic carbocycles. The number of rotatable bonds is 8. The summed E-state index contributed by atoms with van der Waals surface area (Å²) < 4.78 is 38.6. The maximum atomic E-state index is 13.8. The molecule has 0 aliphatic rings. The summed E-state index contributed by atoms with van der Waals surface area (Å²) in [6, 6.07) is 9.07. The predicted octanol–water partition coefficient (Wildman–Crippen LogP) is 5.19. The fraction of sp³-hybridized carbons (Fsp3) is 0.278. The SMILES string of the molecule is CC(=O)c1ccc(SCCCc2ccc(C(F)(F)P(=O)(O)O)c(Br)c2)c(N)c1. The zero-order valence-electron chi connectivity index (χ0n) is 14.9. The zero-order chi connectivity index (χ0) is 21.1. The van der Waals surface area contributed by atoms with Crippen molar-refractivity contribution in [2.75, 3.05) is 11.5 Å². The van der Waals surface area contributed by atoms with Crippen molar-refractivity contribution in [1.82, 2.24) is 0 Å². The monoisotopic (exact) mass is 493 g/mol. The molecular weight excluding hydrogens is 475 g/mol. The van der Waals surface area contributed by atoms with Gasteiger partial charge in [-0.05, 0) is 49.3 Å². The average Bonchev–Trinajstić information content (AvgIpc) is 2.58. The number of ketones is 1. The Hall–Kier alpha value is -1.25. The molecule has 28 heavy (non-hydrogen) atoms. The molecule has 152 valence electrons. The first kappa shape index (κ1) is 23.0. The number of carbonyl (C=O) groups excluding carboxylic acids is 1. The highest BCUT2D eigenvalue weighted by atomic mass is 79.9. The van der Waals surface area contributed by atoms with Crippen LogP contribution in [0.2, 0.25) is 0 Å². The molecule has 2 aromatic rings. The maximum Gasteiger partial charge on any atom is 0.399 e. The van der Waals surface area contributed by atoms with Crippen LogP contribution < -0.4 is 5.73 Å². The van der Waals surface area contributed by atoms with Crippen molar-refractivity contribution < 1.29 is 27.9 Å². The van der Waals surface area contributed by atoms with Crippen molar-refractivity contribution in [1.29, 1.82) is 0 Å². The number of carbonyl (C=O) groups is 1. The first-order chi connectivity index (χ1) is 12.9. The summed E-state index contributed by atoms with van der Waals surface area (Å²) in [6.07, 6.45) is 1.33. The highest BCUT2D eigenvalue weighted by molar-refractivity contribution is 9.10. The van der Waals surface area contributed by atoms with Gasteiger partial charge in [-0.25, -0.2) is 0 Å². The summed E-state index contributed by atoms with van der Waals surface area (Å²) in [5.74, 6) is 0.670. The second kappa shape index (κ2) is 9.05. The quantitative estimate of drug-likeness (QED) is 0.154. The van der Waals surface area contributed by atoms with E-state index in [4.69, 9.17) is 15.5 Å². The molecule has 0 unspecified atom stereocenters. The Morgan fingerprint density at radius 1 is 1.25 bits per heavy atom. The maximum absolute atomic E-state index is 13.8. The molecule has 0 atom stereocenters. The fourth-order valence-electron chi connectivity index (χ4n) is 2.47. The average molecular weight is 494 g/mol. The van der Waals surface area contributed by atoms with E-state index >= 15 is 0 Å². The molecule has 0 bridgehead atoms. The van der Waals surface area contributed by atoms with E-state index in [0.29, 0.717) is 17.7 Å². The van der Waals surface area contributed by atoms with E-state index in [0.717, 1.165) is 28.7 Å². The lowest BCUT2D eigenvalue weighted by Crippen LogP contribution is -2.14. The lowest BCUT2D eigenvalue weighted by molar-refractivity contribution is 0.0557. The van der Waals surface area contributed by atoms with Crippen LogP contribution in [-0.2, 0) is 16.6 Å². The number of hydrogen-bond donors (Lipinski definition) is 3. The van der Waals surface area contributed by atoms with Crippen LogP contribution in [0.4, 0.5) is 14.5 Å². The van der Waals surface area contributed by atoms with Crippen LogP contribution >= 0.6 is 35.3 Å². The van der Waals surface area contributed by atoms with Gasteiger partial charge < -0.3 is 15.5 Å². The van der Waals surface area contributed by atoms with Crippen LogP contribution in [0.25, 0.3) is 0 Å². The van der Waals surface area contributed by atoms with Gasteiger partial charge in [0.2, 0.25) is 0 Å². The van der Waals surface area contributed by atoms with Crippen molar-refractivity contribution in [2.45, 2.75) is 30.3 Å². The Kier molecular flexibility index (Phi) is 7.44. The summed E-state index contributed by atoms with van der Waals surface area (Å²) in [5, 5.41) is 0. The number of nitrogens with two attached hydrogens (primary N) is 1. The summed E-state index contributed by atoms with van der Waals surface area (Å²) in [4.78, 5) is 29.9. The third-order valence-electron chi connectivity index (χ3n) is 4.01. The number of anilines is 1. The van der Waals surface area contributed by atoms with Gasteiger partial charge in [-0.1, -0.05) is 34.1 Å². The Morgan fingerprint density at radius 2 is 1.93 bits per heavy atom. The Morgan fingerprint density at radius 3 is 2.46 bits per heavy atom. The molecule has 0 spiro atoms. The first-order valence-electron chi connectivity index (χ1n) is 8.19. The van der Waals surface area contributed by atoms with Crippen molar-refractivity contribution >= 4 is 46.8 Å². The number of benzene rings is 2. The summed E-state index contributed by atoms with van der Waals surface area (Å²) in [7, 11) is -5.61. The molecule has 0 saturated heterocycles. The Balaban J connectivity index is 1.96. The molecule has 2 aromatic carbocycles. The minimum absolute atomic E-state index is 0.0463. The molecule has 5 nitrogen and oxygen atoms in total. The number of hydrogen-bond acceptors (Lipinski definition) is 4. The molecule has 0 heterocycles. The Labute approximate surface area is 174 Å². The number of aryl methyl sites for hydroxylation is 1. The second-order valence-corrected chi connectivity index (χ2v) is 9.80. The molecule has 0 saturated carbocycles. The number of thioether (sulfide) groups is 1. The molecule has 4 N–H and O–H groups in total. The highest BCUT2D eigenvalue weighted by Crippen LogP contribution is 2.60. The van der Waals surface area contributed by atoms with Gasteiger partial charge in [0.15, 0.2) is 5.78 Å². The van der Waals surface area contributed by atoms with Gasteiger partial charge in [-0.2, -0.15) is 8.78 Å². The van der Waals surface area contributed by atoms with Gasteiger partial charge >= 0.3 is 13.3 Å². The first-order valence-corrected chi connectivity index (χ1v) is 11.6. The summed E-state index contributed by atoms with van der Waals surface area (Å²) in [6.45, 7) is 1.47. The third kappa shape index (κ3) is 5.42. The molecule has 0 radical (unpaired) electrons. The van der Waals surface area contributed by atoms with E-state index in [-0.39, 0.29) is 10.3 Å². The minimum atomic E-state index is -5.61. The number of alkyl halides is 2. The largest absolute Gasteiger partial charge is 0.399 e. The minimum Gasteiger partial charge on any atom is -0.398 e. The number of halogens is 3. The van der Waals surface area contributed by atoms with E-state index < -0.39 is 18.8 Å². The molecule has 0 amide bonds. The van der Waals surface area contributed by atoms with E-state index in [2.05, 4.69) is 15.9 Å². The van der Waals surface area contributed by atoms with Gasteiger partial charge in [0.1, 0.15) is 0 Å². The van der Waals surface area contributed by atoms with E-state index in [9.17, 15) is 18.1 Å². The molecular formula is C18H19BrF2NO4PS. The number of Topliss-reactive ketones (excluding diaryl/α,β-unsaturated/α-hetero) is 1. The lowest BCUT2D eigenvalue weighted by atomic mass is 10.1. The zero-order valence-corrected chi connectivity index (χ0v) is 18.2. The summed E-state index contributed by atoms with van der Waals surface area (Å²) in [5.41, 5.74) is 2.81. The molecule has 0 fully saturated rings. The van der Waals surface area contributed by atoms with Gasteiger partial charge in [0, 0.05) is 26.2 Å². The van der Waals surface area contributed by atoms with Gasteiger partial charge in [-0.3, -0.25) is 9.36 Å². The molecule has 10 heteroatoms. The van der Waals surface area contributed by atoms with Gasteiger partial charge in [0.25, 0.3) is 0 Å². The van der Waals surface area contributed by atoms with Gasteiger partial charge in [0.05, 0.1) is 0 Å². The smallest absolute Gasteiger partial charge is 0.398 e. The number of nitrogen functional groups attached to an aromatic ring is 1. The standard InChI is InChI=1S/C18H19BrF2NO4PS/c1-11(23)13-5-7-17(16(22)10-13)28-8-2-3-12-4-6-14(15(19)9-12)18(20,21)27(24,25)26/h4-7,9-10H,2-3,8,22H2,1H3,(H2,24,25,26). The highest BCUT2D eigenvalue weighted by Gasteiger charge is 2.51.